The zero-order valence-corrected chi connectivity index (χ0v) is 14.3. The summed E-state index contributed by atoms with van der Waals surface area (Å²) >= 11 is 0. The minimum atomic E-state index is -0.567. The number of hydrogen-bond donors (Lipinski definition) is 0. The maximum absolute atomic E-state index is 11.4. The molecule has 0 aromatic heterocycles. The van der Waals surface area contributed by atoms with Crippen LogP contribution in [0.15, 0.2) is 61.8 Å². The number of esters is 2. The van der Waals surface area contributed by atoms with Gasteiger partial charge in [-0.25, -0.2) is 9.59 Å². The second-order valence-electron chi connectivity index (χ2n) is 4.98. The van der Waals surface area contributed by atoms with E-state index in [0.29, 0.717) is 0 Å². The van der Waals surface area contributed by atoms with E-state index in [2.05, 4.69) is 13.2 Å². The van der Waals surface area contributed by atoms with Gasteiger partial charge in [0.2, 0.25) is 0 Å². The van der Waals surface area contributed by atoms with E-state index in [0.717, 1.165) is 50.7 Å². The van der Waals surface area contributed by atoms with E-state index in [1.54, 1.807) is 12.2 Å². The van der Waals surface area contributed by atoms with Gasteiger partial charge in [-0.15, -0.1) is 13.2 Å². The van der Waals surface area contributed by atoms with Crippen LogP contribution in [0.4, 0.5) is 0 Å². The summed E-state index contributed by atoms with van der Waals surface area (Å²) in [5.41, 5.74) is 0. The molecule has 0 aromatic carbocycles. The highest BCUT2D eigenvalue weighted by atomic mass is 16.5. The molecule has 0 rings (SSSR count). The average Bonchev–Trinajstić information content (AvgIpc) is 2.58. The highest BCUT2D eigenvalue weighted by molar-refractivity contribution is 5.91. The van der Waals surface area contributed by atoms with E-state index >= 15 is 0 Å². The van der Waals surface area contributed by atoms with Gasteiger partial charge in [0.25, 0.3) is 0 Å². The van der Waals surface area contributed by atoms with Crippen molar-refractivity contribution >= 4 is 11.9 Å². The molecule has 0 aliphatic heterocycles. The maximum atomic E-state index is 11.4. The lowest BCUT2D eigenvalue weighted by atomic mass is 10.2. The van der Waals surface area contributed by atoms with Gasteiger partial charge in [-0.1, -0.05) is 36.5 Å². The van der Waals surface area contributed by atoms with Gasteiger partial charge in [0.05, 0.1) is 0 Å². The Labute approximate surface area is 145 Å². The Morgan fingerprint density at radius 1 is 0.667 bits per heavy atom. The summed E-state index contributed by atoms with van der Waals surface area (Å²) in [5.74, 6) is -1.13. The van der Waals surface area contributed by atoms with Crippen molar-refractivity contribution in [3.8, 4) is 0 Å². The van der Waals surface area contributed by atoms with Crippen molar-refractivity contribution in [3.63, 3.8) is 0 Å². The van der Waals surface area contributed by atoms with Crippen molar-refractivity contribution < 1.29 is 19.1 Å². The molecule has 0 saturated heterocycles. The molecular weight excluding hydrogens is 304 g/mol. The van der Waals surface area contributed by atoms with Gasteiger partial charge in [0.1, 0.15) is 13.2 Å². The van der Waals surface area contributed by atoms with Gasteiger partial charge >= 0.3 is 11.9 Å². The predicted octanol–water partition coefficient (Wildman–Crippen LogP) is 4.45. The Hall–Kier alpha value is -2.36. The molecule has 0 saturated carbocycles. The molecule has 132 valence electrons. The van der Waals surface area contributed by atoms with Gasteiger partial charge in [0.15, 0.2) is 0 Å². The standard InChI is InChI=1S/C20H28O4/c1-3-5-7-9-11-13-17-23-19(21)15-16-20(22)24-18-14-12-10-8-6-4-2/h3-4,11-16H,1-2,5-10,17-18H2/b13-11?,14-12?,16-15+. The Kier molecular flexibility index (Phi) is 15.3. The summed E-state index contributed by atoms with van der Waals surface area (Å²) in [6.07, 6.45) is 19.2. The van der Waals surface area contributed by atoms with Crippen LogP contribution < -0.4 is 0 Å². The van der Waals surface area contributed by atoms with Crippen molar-refractivity contribution in [1.29, 1.82) is 0 Å². The number of carbonyl (C=O) groups excluding carboxylic acids is 2. The number of allylic oxidation sites excluding steroid dienone is 4. The molecule has 0 fully saturated rings. The minimum absolute atomic E-state index is 0.194. The first-order chi connectivity index (χ1) is 11.7. The molecule has 24 heavy (non-hydrogen) atoms. The van der Waals surface area contributed by atoms with Crippen LogP contribution >= 0.6 is 0 Å². The van der Waals surface area contributed by atoms with Crippen LogP contribution in [0.1, 0.15) is 38.5 Å². The van der Waals surface area contributed by atoms with Crippen LogP contribution in [0, 0.1) is 0 Å². The summed E-state index contributed by atoms with van der Waals surface area (Å²) in [5, 5.41) is 0. The minimum Gasteiger partial charge on any atom is -0.458 e. The fourth-order valence-electron chi connectivity index (χ4n) is 1.62. The van der Waals surface area contributed by atoms with E-state index in [1.165, 1.54) is 0 Å². The maximum Gasteiger partial charge on any atom is 0.331 e. The summed E-state index contributed by atoms with van der Waals surface area (Å²) in [7, 11) is 0. The number of hydrogen-bond acceptors (Lipinski definition) is 4. The molecule has 4 heteroatoms. The van der Waals surface area contributed by atoms with Gasteiger partial charge in [-0.3, -0.25) is 0 Å². The molecule has 0 N–H and O–H groups in total. The lowest BCUT2D eigenvalue weighted by molar-refractivity contribution is -0.139. The number of ether oxygens (including phenoxy) is 2. The van der Waals surface area contributed by atoms with Crippen molar-refractivity contribution in [2.75, 3.05) is 13.2 Å². The van der Waals surface area contributed by atoms with E-state index < -0.39 is 11.9 Å². The second kappa shape index (κ2) is 17.0. The summed E-state index contributed by atoms with van der Waals surface area (Å²) in [4.78, 5) is 22.7. The summed E-state index contributed by atoms with van der Waals surface area (Å²) < 4.78 is 9.83. The Morgan fingerprint density at radius 2 is 1.08 bits per heavy atom. The van der Waals surface area contributed by atoms with Gasteiger partial charge < -0.3 is 9.47 Å². The Bertz CT molecular complexity index is 416. The third kappa shape index (κ3) is 16.0. The second-order valence-corrected chi connectivity index (χ2v) is 4.98. The third-order valence-electron chi connectivity index (χ3n) is 2.89. The van der Waals surface area contributed by atoms with Crippen LogP contribution in [-0.4, -0.2) is 25.2 Å². The quantitative estimate of drug-likeness (QED) is 0.204. The summed E-state index contributed by atoms with van der Waals surface area (Å²) in [6.45, 7) is 7.68. The topological polar surface area (TPSA) is 52.6 Å². The molecule has 0 aliphatic rings. The van der Waals surface area contributed by atoms with Crippen LogP contribution in [0.25, 0.3) is 0 Å². The first-order valence-electron chi connectivity index (χ1n) is 8.24. The SMILES string of the molecule is C=CCCCC=CCOC(=O)/C=C/C(=O)OCC=CCCCC=C. The monoisotopic (exact) mass is 332 g/mol. The zero-order chi connectivity index (χ0) is 17.9. The molecule has 0 aliphatic carbocycles. The van der Waals surface area contributed by atoms with E-state index in [9.17, 15) is 9.59 Å². The third-order valence-corrected chi connectivity index (χ3v) is 2.89. The Balaban J connectivity index is 3.71. The predicted molar refractivity (Wildman–Crippen MR) is 97.4 cm³/mol. The molecule has 0 bridgehead atoms. The zero-order valence-electron chi connectivity index (χ0n) is 14.3. The highest BCUT2D eigenvalue weighted by Gasteiger charge is 1.99. The van der Waals surface area contributed by atoms with Crippen molar-refractivity contribution in [1.82, 2.24) is 0 Å². The average molecular weight is 332 g/mol. The smallest absolute Gasteiger partial charge is 0.331 e. The molecule has 0 heterocycles. The van der Waals surface area contributed by atoms with E-state index in [4.69, 9.17) is 9.47 Å². The van der Waals surface area contributed by atoms with E-state index in [-0.39, 0.29) is 13.2 Å². The fourth-order valence-corrected chi connectivity index (χ4v) is 1.62. The highest BCUT2D eigenvalue weighted by Crippen LogP contribution is 1.97. The molecule has 0 aromatic rings. The lowest BCUT2D eigenvalue weighted by Crippen LogP contribution is -2.04. The fraction of sp³-hybridized carbons (Fsp3) is 0.400. The first-order valence-corrected chi connectivity index (χ1v) is 8.24. The van der Waals surface area contributed by atoms with Crippen molar-refractivity contribution in [3.05, 3.63) is 61.8 Å². The number of rotatable bonds is 14. The molecule has 4 nitrogen and oxygen atoms in total. The van der Waals surface area contributed by atoms with Crippen LogP contribution in [0.2, 0.25) is 0 Å². The van der Waals surface area contributed by atoms with E-state index in [1.807, 2.05) is 24.3 Å². The largest absolute Gasteiger partial charge is 0.458 e. The van der Waals surface area contributed by atoms with Gasteiger partial charge in [0, 0.05) is 12.2 Å². The normalized spacial score (nSPS) is 11.2. The number of unbranched alkanes of at least 4 members (excludes halogenated alkanes) is 4. The van der Waals surface area contributed by atoms with Crippen LogP contribution in [-0.2, 0) is 19.1 Å². The Morgan fingerprint density at radius 3 is 1.46 bits per heavy atom. The molecule has 0 unspecified atom stereocenters. The number of carbonyl (C=O) groups is 2. The molecule has 0 spiro atoms. The first kappa shape index (κ1) is 21.6. The van der Waals surface area contributed by atoms with Crippen LogP contribution in [0.5, 0.6) is 0 Å². The molecular formula is C20H28O4. The van der Waals surface area contributed by atoms with Gasteiger partial charge in [-0.05, 0) is 38.5 Å². The van der Waals surface area contributed by atoms with Crippen molar-refractivity contribution in [2.45, 2.75) is 38.5 Å². The summed E-state index contributed by atoms with van der Waals surface area (Å²) in [6, 6.07) is 0. The van der Waals surface area contributed by atoms with Crippen molar-refractivity contribution in [2.24, 2.45) is 0 Å². The van der Waals surface area contributed by atoms with Gasteiger partial charge in [-0.2, -0.15) is 0 Å². The lowest BCUT2D eigenvalue weighted by Gasteiger charge is -1.98. The molecule has 0 radical (unpaired) electrons. The molecule has 0 amide bonds. The van der Waals surface area contributed by atoms with Crippen LogP contribution in [0.3, 0.4) is 0 Å². The molecule has 0 atom stereocenters.